The highest BCUT2D eigenvalue weighted by Crippen LogP contribution is 2.35. The highest BCUT2D eigenvalue weighted by atomic mass is 35.5. The third kappa shape index (κ3) is 2.55. The third-order valence-electron chi connectivity index (χ3n) is 2.53. The lowest BCUT2D eigenvalue weighted by Crippen LogP contribution is -2.02. The van der Waals surface area contributed by atoms with Crippen LogP contribution in [-0.4, -0.2) is 11.1 Å². The number of carboxylic acids is 1. The van der Waals surface area contributed by atoms with Gasteiger partial charge in [0.1, 0.15) is 11.6 Å². The van der Waals surface area contributed by atoms with E-state index in [0.29, 0.717) is 6.07 Å². The van der Waals surface area contributed by atoms with Crippen LogP contribution in [0.3, 0.4) is 0 Å². The smallest absolute Gasteiger partial charge is 0.338 e. The van der Waals surface area contributed by atoms with Crippen LogP contribution in [0.25, 0.3) is 11.1 Å². The van der Waals surface area contributed by atoms with Gasteiger partial charge in [-0.25, -0.2) is 13.6 Å². The number of carboxylic acid groups (broad SMARTS) is 1. The molecule has 2 rings (SSSR count). The number of benzene rings is 2. The molecule has 0 atom stereocenters. The Hall–Kier alpha value is -1.65. The first-order valence-electron chi connectivity index (χ1n) is 5.08. The number of carbonyl (C=O) groups is 1. The van der Waals surface area contributed by atoms with Crippen LogP contribution in [-0.2, 0) is 0 Å². The summed E-state index contributed by atoms with van der Waals surface area (Å²) < 4.78 is 27.4. The average molecular weight is 303 g/mol. The number of hydrogen-bond acceptors (Lipinski definition) is 1. The quantitative estimate of drug-likeness (QED) is 0.877. The first-order chi connectivity index (χ1) is 8.91. The first kappa shape index (κ1) is 13.8. The first-order valence-corrected chi connectivity index (χ1v) is 5.84. The van der Waals surface area contributed by atoms with Crippen LogP contribution < -0.4 is 0 Å². The molecule has 19 heavy (non-hydrogen) atoms. The molecule has 0 aliphatic carbocycles. The van der Waals surface area contributed by atoms with Crippen molar-refractivity contribution >= 4 is 29.2 Å². The highest BCUT2D eigenvalue weighted by Gasteiger charge is 2.18. The topological polar surface area (TPSA) is 37.3 Å². The fourth-order valence-corrected chi connectivity index (χ4v) is 2.03. The van der Waals surface area contributed by atoms with Crippen LogP contribution >= 0.6 is 23.2 Å². The fourth-order valence-electron chi connectivity index (χ4n) is 1.63. The van der Waals surface area contributed by atoms with Crippen LogP contribution in [0.1, 0.15) is 10.4 Å². The second kappa shape index (κ2) is 5.15. The molecule has 0 amide bonds. The molecule has 1 N–H and O–H groups in total. The van der Waals surface area contributed by atoms with Gasteiger partial charge in [0, 0.05) is 11.1 Å². The summed E-state index contributed by atoms with van der Waals surface area (Å²) in [5.74, 6) is -3.47. The van der Waals surface area contributed by atoms with Gasteiger partial charge in [0.05, 0.1) is 15.6 Å². The molecule has 0 aromatic heterocycles. The molecule has 0 bridgehead atoms. The summed E-state index contributed by atoms with van der Waals surface area (Å²) >= 11 is 11.7. The van der Waals surface area contributed by atoms with Gasteiger partial charge in [-0.3, -0.25) is 0 Å². The molecule has 0 radical (unpaired) electrons. The maximum atomic E-state index is 13.9. The predicted molar refractivity (Wildman–Crippen MR) is 68.8 cm³/mol. The predicted octanol–water partition coefficient (Wildman–Crippen LogP) is 4.64. The van der Waals surface area contributed by atoms with Crippen molar-refractivity contribution < 1.29 is 18.7 Å². The van der Waals surface area contributed by atoms with Gasteiger partial charge >= 0.3 is 5.97 Å². The Morgan fingerprint density at radius 1 is 1.05 bits per heavy atom. The largest absolute Gasteiger partial charge is 0.478 e. The van der Waals surface area contributed by atoms with Gasteiger partial charge in [-0.1, -0.05) is 35.3 Å². The second-order valence-corrected chi connectivity index (χ2v) is 4.50. The normalized spacial score (nSPS) is 10.5. The minimum Gasteiger partial charge on any atom is -0.478 e. The molecule has 2 aromatic carbocycles. The van der Waals surface area contributed by atoms with Crippen LogP contribution in [0.2, 0.25) is 10.0 Å². The molecule has 0 unspecified atom stereocenters. The van der Waals surface area contributed by atoms with Crippen LogP contribution in [0.15, 0.2) is 30.3 Å². The Bertz CT molecular complexity index is 672. The van der Waals surface area contributed by atoms with Gasteiger partial charge in [0.25, 0.3) is 0 Å². The zero-order valence-electron chi connectivity index (χ0n) is 9.25. The molecule has 0 heterocycles. The van der Waals surface area contributed by atoms with E-state index in [1.807, 2.05) is 0 Å². The molecule has 2 aromatic rings. The van der Waals surface area contributed by atoms with Gasteiger partial charge in [-0.2, -0.15) is 0 Å². The van der Waals surface area contributed by atoms with Crippen molar-refractivity contribution in [1.29, 1.82) is 0 Å². The summed E-state index contributed by atoms with van der Waals surface area (Å²) in [4.78, 5) is 10.7. The zero-order chi connectivity index (χ0) is 14.2. The maximum Gasteiger partial charge on any atom is 0.338 e. The molecule has 2 nitrogen and oxygen atoms in total. The van der Waals surface area contributed by atoms with Crippen molar-refractivity contribution in [2.75, 3.05) is 0 Å². The number of halogens is 4. The third-order valence-corrected chi connectivity index (χ3v) is 3.35. The van der Waals surface area contributed by atoms with E-state index in [0.717, 1.165) is 6.07 Å². The second-order valence-electron chi connectivity index (χ2n) is 3.72. The van der Waals surface area contributed by atoms with Gasteiger partial charge in [0.2, 0.25) is 0 Å². The summed E-state index contributed by atoms with van der Waals surface area (Å²) in [6.07, 6.45) is 0. The molecule has 0 saturated carbocycles. The van der Waals surface area contributed by atoms with Crippen molar-refractivity contribution in [3.05, 3.63) is 57.6 Å². The van der Waals surface area contributed by atoms with Crippen LogP contribution in [0, 0.1) is 11.6 Å². The van der Waals surface area contributed by atoms with Crippen molar-refractivity contribution in [3.8, 4) is 11.1 Å². The molecule has 98 valence electrons. The Kier molecular flexibility index (Phi) is 3.73. The Morgan fingerprint density at radius 3 is 2.37 bits per heavy atom. The van der Waals surface area contributed by atoms with Gasteiger partial charge in [0.15, 0.2) is 0 Å². The van der Waals surface area contributed by atoms with Crippen LogP contribution in [0.5, 0.6) is 0 Å². The summed E-state index contributed by atoms with van der Waals surface area (Å²) in [6.45, 7) is 0. The number of hydrogen-bond donors (Lipinski definition) is 1. The Balaban J connectivity index is 2.67. The Morgan fingerprint density at radius 2 is 1.74 bits per heavy atom. The van der Waals surface area contributed by atoms with Gasteiger partial charge in [-0.15, -0.1) is 0 Å². The fraction of sp³-hybridized carbons (Fsp3) is 0. The lowest BCUT2D eigenvalue weighted by atomic mass is 10.0. The number of rotatable bonds is 2. The molecular formula is C13H6Cl2F2O2. The summed E-state index contributed by atoms with van der Waals surface area (Å²) in [5, 5.41) is 8.97. The summed E-state index contributed by atoms with van der Waals surface area (Å²) in [5.41, 5.74) is -0.683. The van der Waals surface area contributed by atoms with Crippen molar-refractivity contribution in [1.82, 2.24) is 0 Å². The van der Waals surface area contributed by atoms with Gasteiger partial charge < -0.3 is 5.11 Å². The van der Waals surface area contributed by atoms with E-state index in [1.165, 1.54) is 18.2 Å². The standard InChI is InChI=1S/C13H6Cl2F2O2/c14-9-3-1-2-6(12(9)15)7-4-11(17)8(13(18)19)5-10(7)16/h1-5H,(H,18,19). The van der Waals surface area contributed by atoms with E-state index in [4.69, 9.17) is 28.3 Å². The Labute approximate surface area is 117 Å². The van der Waals surface area contributed by atoms with E-state index >= 15 is 0 Å². The lowest BCUT2D eigenvalue weighted by molar-refractivity contribution is 0.0691. The minimum atomic E-state index is -1.54. The molecular weight excluding hydrogens is 297 g/mol. The minimum absolute atomic E-state index is 0.0746. The van der Waals surface area contributed by atoms with Crippen molar-refractivity contribution in [2.24, 2.45) is 0 Å². The summed E-state index contributed by atoms with van der Waals surface area (Å²) in [7, 11) is 0. The highest BCUT2D eigenvalue weighted by molar-refractivity contribution is 6.43. The maximum absolute atomic E-state index is 13.9. The zero-order valence-corrected chi connectivity index (χ0v) is 10.8. The van der Waals surface area contributed by atoms with E-state index in [9.17, 15) is 13.6 Å². The molecule has 0 fully saturated rings. The average Bonchev–Trinajstić information content (AvgIpc) is 2.35. The van der Waals surface area contributed by atoms with E-state index in [2.05, 4.69) is 0 Å². The van der Waals surface area contributed by atoms with Crippen LogP contribution in [0.4, 0.5) is 8.78 Å². The lowest BCUT2D eigenvalue weighted by Gasteiger charge is -2.08. The monoisotopic (exact) mass is 302 g/mol. The number of aromatic carboxylic acids is 1. The summed E-state index contributed by atoms with van der Waals surface area (Å²) in [6, 6.07) is 5.91. The van der Waals surface area contributed by atoms with Crippen molar-refractivity contribution in [2.45, 2.75) is 0 Å². The van der Waals surface area contributed by atoms with E-state index < -0.39 is 23.2 Å². The SMILES string of the molecule is O=C(O)c1cc(F)c(-c2cccc(Cl)c2Cl)cc1F. The molecule has 0 spiro atoms. The molecule has 0 aliphatic rings. The molecule has 0 aliphatic heterocycles. The van der Waals surface area contributed by atoms with E-state index in [-0.39, 0.29) is 21.2 Å². The van der Waals surface area contributed by atoms with Gasteiger partial charge in [-0.05, 0) is 18.2 Å². The van der Waals surface area contributed by atoms with Crippen molar-refractivity contribution in [3.63, 3.8) is 0 Å². The van der Waals surface area contributed by atoms with E-state index in [1.54, 1.807) is 0 Å². The molecule has 6 heteroatoms. The molecule has 0 saturated heterocycles.